The molecule has 9 atom stereocenters. The Bertz CT molecular complexity index is 571. The molecule has 4 fully saturated rings. The Morgan fingerprint density at radius 1 is 1.00 bits per heavy atom. The van der Waals surface area contributed by atoms with Gasteiger partial charge in [0.05, 0.1) is 6.10 Å². The van der Waals surface area contributed by atoms with Gasteiger partial charge in [0, 0.05) is 11.0 Å². The molecule has 1 N–H and O–H groups in total. The summed E-state index contributed by atoms with van der Waals surface area (Å²) in [7, 11) is 0. The minimum absolute atomic E-state index is 0.155. The molecular weight excluding hydrogens is 310 g/mol. The molecule has 4 nitrogen and oxygen atoms in total. The van der Waals surface area contributed by atoms with Crippen LogP contribution in [0.25, 0.3) is 10.4 Å². The molecule has 140 valence electrons. The van der Waals surface area contributed by atoms with Crippen LogP contribution < -0.4 is 0 Å². The number of nitrogens with zero attached hydrogens (tertiary/aromatic N) is 3. The van der Waals surface area contributed by atoms with Gasteiger partial charge in [-0.1, -0.05) is 19.0 Å². The van der Waals surface area contributed by atoms with E-state index < -0.39 is 0 Å². The van der Waals surface area contributed by atoms with E-state index in [1.54, 1.807) is 0 Å². The van der Waals surface area contributed by atoms with Crippen LogP contribution in [0.3, 0.4) is 0 Å². The Morgan fingerprint density at radius 3 is 2.44 bits per heavy atom. The van der Waals surface area contributed by atoms with Crippen molar-refractivity contribution in [2.75, 3.05) is 0 Å². The first-order chi connectivity index (χ1) is 11.9. The van der Waals surface area contributed by atoms with Crippen molar-refractivity contribution < 1.29 is 5.11 Å². The lowest BCUT2D eigenvalue weighted by atomic mass is 9.44. The lowest BCUT2D eigenvalue weighted by Crippen LogP contribution is -2.54. The van der Waals surface area contributed by atoms with Gasteiger partial charge in [0.2, 0.25) is 0 Å². The highest BCUT2D eigenvalue weighted by atomic mass is 16.3. The first-order valence-corrected chi connectivity index (χ1v) is 10.6. The Kier molecular flexibility index (Phi) is 4.36. The second kappa shape index (κ2) is 6.16. The summed E-state index contributed by atoms with van der Waals surface area (Å²) in [6.07, 6.45) is 11.2. The van der Waals surface area contributed by atoms with Crippen molar-refractivity contribution in [2.24, 2.45) is 45.5 Å². The third-order valence-corrected chi connectivity index (χ3v) is 9.51. The predicted octanol–water partition coefficient (Wildman–Crippen LogP) is 5.71. The number of aliphatic hydroxyl groups excluding tert-OH is 1. The summed E-state index contributed by atoms with van der Waals surface area (Å²) in [4.78, 5) is 3.08. The number of aliphatic hydroxyl groups is 1. The predicted molar refractivity (Wildman–Crippen MR) is 99.8 cm³/mol. The topological polar surface area (TPSA) is 69.0 Å². The van der Waals surface area contributed by atoms with Crippen molar-refractivity contribution in [1.82, 2.24) is 0 Å². The molecule has 25 heavy (non-hydrogen) atoms. The molecule has 0 aromatic heterocycles. The summed E-state index contributed by atoms with van der Waals surface area (Å²) in [6, 6.07) is 0.236. The molecule has 0 aromatic rings. The number of azide groups is 1. The monoisotopic (exact) mass is 345 g/mol. The zero-order chi connectivity index (χ0) is 17.8. The average molecular weight is 346 g/mol. The lowest BCUT2D eigenvalue weighted by molar-refractivity contribution is -0.120. The molecule has 4 saturated carbocycles. The number of hydrogen-bond acceptors (Lipinski definition) is 2. The summed E-state index contributed by atoms with van der Waals surface area (Å²) in [5, 5.41) is 14.4. The first-order valence-electron chi connectivity index (χ1n) is 10.6. The van der Waals surface area contributed by atoms with Crippen molar-refractivity contribution in [3.63, 3.8) is 0 Å². The van der Waals surface area contributed by atoms with Crippen LogP contribution in [0.4, 0.5) is 0 Å². The van der Waals surface area contributed by atoms with Gasteiger partial charge in [0.15, 0.2) is 0 Å². The highest BCUT2D eigenvalue weighted by Crippen LogP contribution is 2.67. The minimum atomic E-state index is -0.155. The van der Waals surface area contributed by atoms with E-state index in [4.69, 9.17) is 5.53 Å². The van der Waals surface area contributed by atoms with Crippen LogP contribution in [0.2, 0.25) is 0 Å². The van der Waals surface area contributed by atoms with Gasteiger partial charge in [-0.3, -0.25) is 0 Å². The van der Waals surface area contributed by atoms with E-state index in [0.29, 0.717) is 16.7 Å². The van der Waals surface area contributed by atoms with Crippen LogP contribution in [0.5, 0.6) is 0 Å². The fraction of sp³-hybridized carbons (Fsp3) is 1.00. The van der Waals surface area contributed by atoms with Gasteiger partial charge in [0.1, 0.15) is 0 Å². The maximum Gasteiger partial charge on any atom is 0.0545 e. The van der Waals surface area contributed by atoms with E-state index in [9.17, 15) is 5.11 Å². The van der Waals surface area contributed by atoms with Gasteiger partial charge < -0.3 is 5.11 Å². The summed E-state index contributed by atoms with van der Waals surface area (Å²) in [5.41, 5.74) is 9.62. The van der Waals surface area contributed by atoms with E-state index in [1.165, 1.54) is 44.9 Å². The zero-order valence-electron chi connectivity index (χ0n) is 16.2. The fourth-order valence-electron chi connectivity index (χ4n) is 8.25. The van der Waals surface area contributed by atoms with Crippen molar-refractivity contribution >= 4 is 0 Å². The summed E-state index contributed by atoms with van der Waals surface area (Å²) < 4.78 is 0. The van der Waals surface area contributed by atoms with E-state index in [2.05, 4.69) is 23.9 Å². The van der Waals surface area contributed by atoms with E-state index in [0.717, 1.165) is 36.5 Å². The Balaban J connectivity index is 1.57. The highest BCUT2D eigenvalue weighted by Gasteiger charge is 2.60. The van der Waals surface area contributed by atoms with Gasteiger partial charge >= 0.3 is 0 Å². The van der Waals surface area contributed by atoms with Crippen LogP contribution in [0.15, 0.2) is 5.11 Å². The first kappa shape index (κ1) is 17.7. The molecule has 0 saturated heterocycles. The van der Waals surface area contributed by atoms with Crippen LogP contribution in [0, 0.1) is 40.4 Å². The van der Waals surface area contributed by atoms with E-state index in [-0.39, 0.29) is 12.1 Å². The molecule has 4 heteroatoms. The summed E-state index contributed by atoms with van der Waals surface area (Å²) in [5.74, 6) is 3.78. The average Bonchev–Trinajstić information content (AvgIpc) is 2.93. The Labute approximate surface area is 152 Å². The SMILES string of the molecule is C[C@H](O)C1CCC2C3CCC4CC(N=[N+]=[N-])CCC4(C)C3CCC21C. The Morgan fingerprint density at radius 2 is 1.72 bits per heavy atom. The van der Waals surface area contributed by atoms with Gasteiger partial charge in [-0.05, 0) is 111 Å². The van der Waals surface area contributed by atoms with Crippen LogP contribution >= 0.6 is 0 Å². The van der Waals surface area contributed by atoms with Crippen LogP contribution in [-0.4, -0.2) is 17.3 Å². The standard InChI is InChI=1S/C21H35N3O/c1-13(25)17-6-7-18-16-5-4-14-12-15(23-24-22)8-10-20(14,2)19(16)9-11-21(17,18)3/h13-19,25H,4-12H2,1-3H3/t13-,14?,15?,16?,17?,18?,19?,20?,21?/m0/s1. The molecule has 0 spiro atoms. The van der Waals surface area contributed by atoms with Crippen LogP contribution in [-0.2, 0) is 0 Å². The number of fused-ring (bicyclic) bond motifs is 5. The van der Waals surface area contributed by atoms with E-state index in [1.807, 2.05) is 6.92 Å². The fourth-order valence-corrected chi connectivity index (χ4v) is 8.25. The van der Waals surface area contributed by atoms with Crippen molar-refractivity contribution in [1.29, 1.82) is 0 Å². The maximum absolute atomic E-state index is 10.3. The summed E-state index contributed by atoms with van der Waals surface area (Å²) in [6.45, 7) is 7.06. The molecule has 4 aliphatic rings. The summed E-state index contributed by atoms with van der Waals surface area (Å²) >= 11 is 0. The smallest absolute Gasteiger partial charge is 0.0545 e. The van der Waals surface area contributed by atoms with E-state index >= 15 is 0 Å². The van der Waals surface area contributed by atoms with Crippen molar-refractivity contribution in [3.8, 4) is 0 Å². The second-order valence-corrected chi connectivity index (χ2v) is 10.3. The minimum Gasteiger partial charge on any atom is -0.393 e. The number of hydrogen-bond donors (Lipinski definition) is 1. The molecule has 4 aliphatic carbocycles. The molecule has 0 heterocycles. The largest absolute Gasteiger partial charge is 0.393 e. The molecule has 4 rings (SSSR count). The number of rotatable bonds is 2. The molecule has 0 bridgehead atoms. The molecular formula is C21H35N3O. The van der Waals surface area contributed by atoms with Crippen LogP contribution in [0.1, 0.15) is 78.6 Å². The molecule has 0 aromatic carbocycles. The van der Waals surface area contributed by atoms with Gasteiger partial charge in [0.25, 0.3) is 0 Å². The van der Waals surface area contributed by atoms with Crippen molar-refractivity contribution in [3.05, 3.63) is 10.4 Å². The third kappa shape index (κ3) is 2.55. The third-order valence-electron chi connectivity index (χ3n) is 9.51. The maximum atomic E-state index is 10.3. The van der Waals surface area contributed by atoms with Gasteiger partial charge in [-0.15, -0.1) is 0 Å². The molecule has 0 amide bonds. The van der Waals surface area contributed by atoms with Gasteiger partial charge in [-0.2, -0.15) is 0 Å². The molecule has 8 unspecified atom stereocenters. The molecule has 0 radical (unpaired) electrons. The zero-order valence-corrected chi connectivity index (χ0v) is 16.2. The highest BCUT2D eigenvalue weighted by molar-refractivity contribution is 5.10. The normalized spacial score (nSPS) is 53.1. The molecule has 0 aliphatic heterocycles. The van der Waals surface area contributed by atoms with Gasteiger partial charge in [-0.25, -0.2) is 0 Å². The Hall–Kier alpha value is -0.730. The lowest BCUT2D eigenvalue weighted by Gasteiger charge is -2.61. The van der Waals surface area contributed by atoms with Crippen molar-refractivity contribution in [2.45, 2.75) is 90.7 Å². The quantitative estimate of drug-likeness (QED) is 0.389. The second-order valence-electron chi connectivity index (χ2n) is 10.3.